The average molecular weight is 383 g/mol. The summed E-state index contributed by atoms with van der Waals surface area (Å²) in [5.41, 5.74) is 2.81. The van der Waals surface area contributed by atoms with Gasteiger partial charge >= 0.3 is 6.03 Å². The molecule has 0 atom stereocenters. The molecule has 2 aromatic heterocycles. The number of urea groups is 1. The van der Waals surface area contributed by atoms with E-state index in [0.29, 0.717) is 11.5 Å². The highest BCUT2D eigenvalue weighted by atomic mass is 16.2. The predicted molar refractivity (Wildman–Crippen MR) is 108 cm³/mol. The predicted octanol–water partition coefficient (Wildman–Crippen LogP) is 2.87. The zero-order chi connectivity index (χ0) is 19.5. The quantitative estimate of drug-likeness (QED) is 0.883. The van der Waals surface area contributed by atoms with Crippen molar-refractivity contribution in [1.29, 1.82) is 0 Å². The first-order chi connectivity index (χ1) is 13.7. The lowest BCUT2D eigenvalue weighted by molar-refractivity contribution is 0.0794. The minimum absolute atomic E-state index is 0.0463. The Hall–Kier alpha value is -2.57. The van der Waals surface area contributed by atoms with Gasteiger partial charge in [-0.1, -0.05) is 6.92 Å². The molecule has 0 unspecified atom stereocenters. The Morgan fingerprint density at radius 3 is 2.61 bits per heavy atom. The standard InChI is InChI=1S/C21H29N5O2/c1-2-8-22-21(28)25-11-5-16(6-12-25)17-7-13-26-19(14-17)18(15-23-26)20(27)24-9-3-4-10-24/h7,13-16H,2-6,8-12H2,1H3,(H,22,28). The molecule has 0 bridgehead atoms. The van der Waals surface area contributed by atoms with Crippen LogP contribution in [0.15, 0.2) is 24.5 Å². The van der Waals surface area contributed by atoms with Crippen LogP contribution < -0.4 is 5.32 Å². The Labute approximate surface area is 165 Å². The van der Waals surface area contributed by atoms with Gasteiger partial charge in [-0.3, -0.25) is 4.79 Å². The van der Waals surface area contributed by atoms with Crippen molar-refractivity contribution in [2.45, 2.75) is 44.9 Å². The number of nitrogens with zero attached hydrogens (tertiary/aromatic N) is 4. The van der Waals surface area contributed by atoms with Gasteiger partial charge in [-0.25, -0.2) is 9.31 Å². The average Bonchev–Trinajstić information content (AvgIpc) is 3.41. The van der Waals surface area contributed by atoms with Gasteiger partial charge in [0.25, 0.3) is 5.91 Å². The summed E-state index contributed by atoms with van der Waals surface area (Å²) in [5, 5.41) is 7.33. The summed E-state index contributed by atoms with van der Waals surface area (Å²) in [7, 11) is 0. The van der Waals surface area contributed by atoms with E-state index in [2.05, 4.69) is 29.5 Å². The molecule has 4 heterocycles. The van der Waals surface area contributed by atoms with Crippen molar-refractivity contribution in [2.75, 3.05) is 32.7 Å². The number of amides is 3. The minimum Gasteiger partial charge on any atom is -0.339 e. The van der Waals surface area contributed by atoms with Gasteiger partial charge in [0.15, 0.2) is 0 Å². The fraction of sp³-hybridized carbons (Fsp3) is 0.571. The van der Waals surface area contributed by atoms with Crippen LogP contribution in [0, 0.1) is 0 Å². The largest absolute Gasteiger partial charge is 0.339 e. The van der Waals surface area contributed by atoms with Gasteiger partial charge in [0.05, 0.1) is 17.3 Å². The number of carbonyl (C=O) groups is 2. The summed E-state index contributed by atoms with van der Waals surface area (Å²) in [6.07, 6.45) is 8.65. The smallest absolute Gasteiger partial charge is 0.317 e. The third kappa shape index (κ3) is 3.70. The molecule has 150 valence electrons. The highest BCUT2D eigenvalue weighted by Gasteiger charge is 2.26. The van der Waals surface area contributed by atoms with E-state index >= 15 is 0 Å². The molecular formula is C21H29N5O2. The zero-order valence-electron chi connectivity index (χ0n) is 16.6. The Kier molecular flexibility index (Phi) is 5.50. The first-order valence-corrected chi connectivity index (χ1v) is 10.5. The molecule has 4 rings (SSSR count). The van der Waals surface area contributed by atoms with Crippen LogP contribution in [0.3, 0.4) is 0 Å². The number of nitrogens with one attached hydrogen (secondary N) is 1. The number of piperidine rings is 1. The van der Waals surface area contributed by atoms with Gasteiger partial charge in [0.2, 0.25) is 0 Å². The summed E-state index contributed by atoms with van der Waals surface area (Å²) >= 11 is 0. The Bertz CT molecular complexity index is 848. The van der Waals surface area contributed by atoms with Crippen LogP contribution in [0.4, 0.5) is 4.79 Å². The number of hydrogen-bond acceptors (Lipinski definition) is 3. The summed E-state index contributed by atoms with van der Waals surface area (Å²) < 4.78 is 1.79. The third-order valence-corrected chi connectivity index (χ3v) is 5.95. The third-order valence-electron chi connectivity index (χ3n) is 5.95. The topological polar surface area (TPSA) is 70.0 Å². The molecule has 1 N–H and O–H groups in total. The van der Waals surface area contributed by atoms with Crippen LogP contribution in [0.1, 0.15) is 60.9 Å². The SMILES string of the molecule is CCCNC(=O)N1CCC(c2ccn3ncc(C(=O)N4CCCC4)c3c2)CC1. The second-order valence-corrected chi connectivity index (χ2v) is 7.84. The van der Waals surface area contributed by atoms with Crippen LogP contribution in [0.25, 0.3) is 5.52 Å². The molecule has 0 spiro atoms. The van der Waals surface area contributed by atoms with Gasteiger partial charge in [-0.15, -0.1) is 0 Å². The van der Waals surface area contributed by atoms with E-state index in [1.807, 2.05) is 16.0 Å². The number of rotatable bonds is 4. The van der Waals surface area contributed by atoms with Crippen LogP contribution in [-0.4, -0.2) is 64.1 Å². The van der Waals surface area contributed by atoms with Crippen molar-refractivity contribution >= 4 is 17.5 Å². The van der Waals surface area contributed by atoms with Crippen LogP contribution >= 0.6 is 0 Å². The highest BCUT2D eigenvalue weighted by molar-refractivity contribution is 6.00. The highest BCUT2D eigenvalue weighted by Crippen LogP contribution is 2.29. The molecule has 0 saturated carbocycles. The fourth-order valence-corrected chi connectivity index (χ4v) is 4.27. The van der Waals surface area contributed by atoms with Gasteiger partial charge in [0, 0.05) is 38.9 Å². The maximum Gasteiger partial charge on any atom is 0.317 e. The van der Waals surface area contributed by atoms with E-state index in [1.165, 1.54) is 5.56 Å². The molecule has 7 nitrogen and oxygen atoms in total. The van der Waals surface area contributed by atoms with E-state index < -0.39 is 0 Å². The molecule has 0 aromatic carbocycles. The number of hydrogen-bond donors (Lipinski definition) is 1. The first kappa shape index (κ1) is 18.8. The maximum atomic E-state index is 12.8. The molecule has 0 aliphatic carbocycles. The number of carbonyl (C=O) groups excluding carboxylic acids is 2. The second-order valence-electron chi connectivity index (χ2n) is 7.84. The van der Waals surface area contributed by atoms with Gasteiger partial charge < -0.3 is 15.1 Å². The zero-order valence-corrected chi connectivity index (χ0v) is 16.6. The van der Waals surface area contributed by atoms with E-state index in [0.717, 1.165) is 70.3 Å². The van der Waals surface area contributed by atoms with Gasteiger partial charge in [0.1, 0.15) is 0 Å². The van der Waals surface area contributed by atoms with Crippen molar-refractivity contribution in [3.8, 4) is 0 Å². The van der Waals surface area contributed by atoms with Crippen molar-refractivity contribution in [2.24, 2.45) is 0 Å². The first-order valence-electron chi connectivity index (χ1n) is 10.5. The van der Waals surface area contributed by atoms with Crippen molar-refractivity contribution < 1.29 is 9.59 Å². The van der Waals surface area contributed by atoms with Crippen LogP contribution in [0.5, 0.6) is 0 Å². The van der Waals surface area contributed by atoms with Crippen LogP contribution in [0.2, 0.25) is 0 Å². The van der Waals surface area contributed by atoms with Crippen molar-refractivity contribution in [3.63, 3.8) is 0 Å². The number of likely N-dealkylation sites (tertiary alicyclic amines) is 2. The van der Waals surface area contributed by atoms with E-state index in [1.54, 1.807) is 10.7 Å². The van der Waals surface area contributed by atoms with Crippen molar-refractivity contribution in [1.82, 2.24) is 24.7 Å². The lowest BCUT2D eigenvalue weighted by Gasteiger charge is -2.32. The molecular weight excluding hydrogens is 354 g/mol. The van der Waals surface area contributed by atoms with Crippen LogP contribution in [-0.2, 0) is 0 Å². The molecule has 0 radical (unpaired) electrons. The van der Waals surface area contributed by atoms with Gasteiger partial charge in [-0.2, -0.15) is 5.10 Å². The Morgan fingerprint density at radius 1 is 1.14 bits per heavy atom. The number of fused-ring (bicyclic) bond motifs is 1. The second kappa shape index (κ2) is 8.20. The Balaban J connectivity index is 1.47. The normalized spacial score (nSPS) is 18.0. The monoisotopic (exact) mass is 383 g/mol. The Morgan fingerprint density at radius 2 is 1.89 bits per heavy atom. The lowest BCUT2D eigenvalue weighted by Crippen LogP contribution is -2.44. The van der Waals surface area contributed by atoms with E-state index in [4.69, 9.17) is 0 Å². The molecule has 2 fully saturated rings. The minimum atomic E-state index is 0.0463. The molecule has 2 aliphatic heterocycles. The molecule has 7 heteroatoms. The van der Waals surface area contributed by atoms with E-state index in [9.17, 15) is 9.59 Å². The van der Waals surface area contributed by atoms with Crippen molar-refractivity contribution in [3.05, 3.63) is 35.7 Å². The molecule has 3 amide bonds. The van der Waals surface area contributed by atoms with E-state index in [-0.39, 0.29) is 11.9 Å². The van der Waals surface area contributed by atoms with Gasteiger partial charge in [-0.05, 0) is 55.7 Å². The molecule has 2 aliphatic rings. The summed E-state index contributed by atoms with van der Waals surface area (Å²) in [4.78, 5) is 28.8. The number of pyridine rings is 1. The number of aromatic nitrogens is 2. The molecule has 2 aromatic rings. The summed E-state index contributed by atoms with van der Waals surface area (Å²) in [6, 6.07) is 4.26. The molecule has 2 saturated heterocycles. The summed E-state index contributed by atoms with van der Waals surface area (Å²) in [5.74, 6) is 0.497. The maximum absolute atomic E-state index is 12.8. The summed E-state index contributed by atoms with van der Waals surface area (Å²) in [6.45, 7) is 6.00. The lowest BCUT2D eigenvalue weighted by atomic mass is 9.89. The molecule has 28 heavy (non-hydrogen) atoms. The fourth-order valence-electron chi connectivity index (χ4n) is 4.27.